The minimum absolute atomic E-state index is 0.864. The summed E-state index contributed by atoms with van der Waals surface area (Å²) in [6.45, 7) is 2.74. The van der Waals surface area contributed by atoms with E-state index in [1.54, 1.807) is 0 Å². The van der Waals surface area contributed by atoms with Gasteiger partial charge in [-0.2, -0.15) is 0 Å². The molecule has 1 aliphatic heterocycles. The third kappa shape index (κ3) is 3.13. The number of benzene rings is 1. The molecule has 19 heavy (non-hydrogen) atoms. The van der Waals surface area contributed by atoms with Crippen molar-refractivity contribution in [3.63, 3.8) is 0 Å². The largest absolute Gasteiger partial charge is 0.354 e. The molecule has 3 rings (SSSR count). The summed E-state index contributed by atoms with van der Waals surface area (Å²) in [4.78, 5) is 8.93. The standard InChI is InChI=1S/C16H17N3/c1-2-6-15(7-3-1)12-18-10-11-19(14-18)13-16-8-4-5-9-17-16/h1-11H,12-14H2. The van der Waals surface area contributed by atoms with Gasteiger partial charge in [-0.25, -0.2) is 0 Å². The van der Waals surface area contributed by atoms with E-state index in [0.717, 1.165) is 25.5 Å². The summed E-state index contributed by atoms with van der Waals surface area (Å²) in [7, 11) is 0. The summed E-state index contributed by atoms with van der Waals surface area (Å²) in [5.74, 6) is 0. The van der Waals surface area contributed by atoms with Crippen molar-refractivity contribution >= 4 is 0 Å². The molecule has 0 saturated heterocycles. The van der Waals surface area contributed by atoms with Gasteiger partial charge in [-0.05, 0) is 17.7 Å². The predicted octanol–water partition coefficient (Wildman–Crippen LogP) is 2.83. The lowest BCUT2D eigenvalue weighted by atomic mass is 10.2. The van der Waals surface area contributed by atoms with Crippen molar-refractivity contribution < 1.29 is 0 Å². The van der Waals surface area contributed by atoms with E-state index in [1.807, 2.05) is 18.3 Å². The van der Waals surface area contributed by atoms with Crippen LogP contribution in [0.3, 0.4) is 0 Å². The molecule has 0 bridgehead atoms. The summed E-state index contributed by atoms with van der Waals surface area (Å²) in [5.41, 5.74) is 2.44. The van der Waals surface area contributed by atoms with Gasteiger partial charge in [-0.15, -0.1) is 0 Å². The number of rotatable bonds is 4. The Morgan fingerprint density at radius 1 is 0.842 bits per heavy atom. The van der Waals surface area contributed by atoms with Crippen LogP contribution in [0, 0.1) is 0 Å². The third-order valence-corrected chi connectivity index (χ3v) is 3.17. The number of hydrogen-bond donors (Lipinski definition) is 0. The summed E-state index contributed by atoms with van der Waals surface area (Å²) >= 11 is 0. The van der Waals surface area contributed by atoms with Crippen LogP contribution < -0.4 is 0 Å². The van der Waals surface area contributed by atoms with Gasteiger partial charge in [-0.3, -0.25) is 4.98 Å². The summed E-state index contributed by atoms with van der Waals surface area (Å²) in [6, 6.07) is 16.6. The van der Waals surface area contributed by atoms with Crippen LogP contribution in [0.5, 0.6) is 0 Å². The molecule has 1 aromatic heterocycles. The average molecular weight is 251 g/mol. The van der Waals surface area contributed by atoms with Gasteiger partial charge in [0.15, 0.2) is 0 Å². The maximum Gasteiger partial charge on any atom is 0.0901 e. The smallest absolute Gasteiger partial charge is 0.0901 e. The van der Waals surface area contributed by atoms with E-state index >= 15 is 0 Å². The molecule has 0 aliphatic carbocycles. The van der Waals surface area contributed by atoms with Gasteiger partial charge in [0.25, 0.3) is 0 Å². The molecular formula is C16H17N3. The molecule has 0 saturated carbocycles. The maximum absolute atomic E-state index is 4.36. The number of pyridine rings is 1. The first-order chi connectivity index (χ1) is 9.40. The fourth-order valence-electron chi connectivity index (χ4n) is 2.24. The van der Waals surface area contributed by atoms with Gasteiger partial charge in [0.1, 0.15) is 0 Å². The number of aromatic nitrogens is 1. The quantitative estimate of drug-likeness (QED) is 0.833. The van der Waals surface area contributed by atoms with E-state index in [2.05, 4.69) is 63.6 Å². The molecule has 0 amide bonds. The van der Waals surface area contributed by atoms with Crippen molar-refractivity contribution in [3.8, 4) is 0 Å². The monoisotopic (exact) mass is 251 g/mol. The Kier molecular flexibility index (Phi) is 3.45. The average Bonchev–Trinajstić information content (AvgIpc) is 2.88. The lowest BCUT2D eigenvalue weighted by molar-refractivity contribution is 0.253. The van der Waals surface area contributed by atoms with E-state index in [0.29, 0.717) is 0 Å². The van der Waals surface area contributed by atoms with Crippen molar-refractivity contribution in [2.45, 2.75) is 13.1 Å². The van der Waals surface area contributed by atoms with Crippen molar-refractivity contribution in [2.24, 2.45) is 0 Å². The van der Waals surface area contributed by atoms with Crippen LogP contribution in [-0.2, 0) is 13.1 Å². The SMILES string of the molecule is C1=CN(Cc2ccccn2)CN1Cc1ccccc1. The molecule has 2 aromatic rings. The van der Waals surface area contributed by atoms with Crippen molar-refractivity contribution in [2.75, 3.05) is 6.67 Å². The molecule has 96 valence electrons. The second-order valence-electron chi connectivity index (χ2n) is 4.74. The Morgan fingerprint density at radius 2 is 1.58 bits per heavy atom. The lowest BCUT2D eigenvalue weighted by Gasteiger charge is -2.21. The summed E-state index contributed by atoms with van der Waals surface area (Å²) < 4.78 is 0. The molecule has 0 atom stereocenters. The Morgan fingerprint density at radius 3 is 2.32 bits per heavy atom. The highest BCUT2D eigenvalue weighted by Crippen LogP contribution is 2.13. The van der Waals surface area contributed by atoms with E-state index in [4.69, 9.17) is 0 Å². The van der Waals surface area contributed by atoms with Gasteiger partial charge in [0, 0.05) is 25.1 Å². The van der Waals surface area contributed by atoms with Crippen molar-refractivity contribution in [3.05, 3.63) is 78.4 Å². The first-order valence-corrected chi connectivity index (χ1v) is 6.50. The van der Waals surface area contributed by atoms with E-state index in [-0.39, 0.29) is 0 Å². The third-order valence-electron chi connectivity index (χ3n) is 3.17. The lowest BCUT2D eigenvalue weighted by Crippen LogP contribution is -2.24. The number of hydrogen-bond acceptors (Lipinski definition) is 3. The fraction of sp³-hybridized carbons (Fsp3) is 0.188. The Labute approximate surface area is 113 Å². The fourth-order valence-corrected chi connectivity index (χ4v) is 2.24. The topological polar surface area (TPSA) is 19.4 Å². The molecule has 0 unspecified atom stereocenters. The zero-order valence-corrected chi connectivity index (χ0v) is 10.8. The van der Waals surface area contributed by atoms with Crippen LogP contribution in [0.2, 0.25) is 0 Å². The van der Waals surface area contributed by atoms with Crippen molar-refractivity contribution in [1.29, 1.82) is 0 Å². The predicted molar refractivity (Wildman–Crippen MR) is 75.8 cm³/mol. The summed E-state index contributed by atoms with van der Waals surface area (Å²) in [6.07, 6.45) is 6.13. The zero-order valence-electron chi connectivity index (χ0n) is 10.8. The van der Waals surface area contributed by atoms with Crippen LogP contribution in [0.25, 0.3) is 0 Å². The van der Waals surface area contributed by atoms with Gasteiger partial charge in [0.2, 0.25) is 0 Å². The van der Waals surface area contributed by atoms with E-state index < -0.39 is 0 Å². The van der Waals surface area contributed by atoms with Gasteiger partial charge in [-0.1, -0.05) is 36.4 Å². The van der Waals surface area contributed by atoms with Gasteiger partial charge in [0.05, 0.1) is 18.9 Å². The normalized spacial score (nSPS) is 14.1. The maximum atomic E-state index is 4.36. The highest BCUT2D eigenvalue weighted by atomic mass is 15.3. The van der Waals surface area contributed by atoms with E-state index in [9.17, 15) is 0 Å². The van der Waals surface area contributed by atoms with Gasteiger partial charge >= 0.3 is 0 Å². The molecule has 1 aromatic carbocycles. The van der Waals surface area contributed by atoms with Crippen LogP contribution >= 0.6 is 0 Å². The Hall–Kier alpha value is -2.29. The second kappa shape index (κ2) is 5.57. The molecule has 0 spiro atoms. The van der Waals surface area contributed by atoms with E-state index in [1.165, 1.54) is 5.56 Å². The minimum atomic E-state index is 0.864. The van der Waals surface area contributed by atoms with Gasteiger partial charge < -0.3 is 9.80 Å². The van der Waals surface area contributed by atoms with Crippen LogP contribution in [0.1, 0.15) is 11.3 Å². The Bertz CT molecular complexity index is 487. The minimum Gasteiger partial charge on any atom is -0.354 e. The molecule has 2 heterocycles. The molecule has 0 radical (unpaired) electrons. The summed E-state index contributed by atoms with van der Waals surface area (Å²) in [5, 5.41) is 0. The number of nitrogens with zero attached hydrogens (tertiary/aromatic N) is 3. The highest BCUT2D eigenvalue weighted by Gasteiger charge is 2.12. The van der Waals surface area contributed by atoms with Crippen LogP contribution in [0.15, 0.2) is 67.1 Å². The van der Waals surface area contributed by atoms with Crippen LogP contribution in [0.4, 0.5) is 0 Å². The first kappa shape index (κ1) is 11.8. The first-order valence-electron chi connectivity index (χ1n) is 6.50. The molecule has 3 nitrogen and oxygen atoms in total. The zero-order chi connectivity index (χ0) is 12.9. The molecular weight excluding hydrogens is 234 g/mol. The molecule has 1 aliphatic rings. The highest BCUT2D eigenvalue weighted by molar-refractivity contribution is 5.15. The molecule has 0 fully saturated rings. The Balaban J connectivity index is 1.55. The second-order valence-corrected chi connectivity index (χ2v) is 4.74. The molecule has 3 heteroatoms. The van der Waals surface area contributed by atoms with Crippen molar-refractivity contribution in [1.82, 2.24) is 14.8 Å². The molecule has 0 N–H and O–H groups in total. The van der Waals surface area contributed by atoms with Crippen LogP contribution in [-0.4, -0.2) is 21.5 Å².